The summed E-state index contributed by atoms with van der Waals surface area (Å²) in [4.78, 5) is 31.6. The first-order valence-electron chi connectivity index (χ1n) is 9.34. The highest BCUT2D eigenvalue weighted by atomic mass is 16.3. The maximum atomic E-state index is 12.9. The highest BCUT2D eigenvalue weighted by Crippen LogP contribution is 2.21. The molecule has 2 amide bonds. The zero-order valence-electron chi connectivity index (χ0n) is 16.4. The molecule has 0 spiro atoms. The van der Waals surface area contributed by atoms with Gasteiger partial charge in [0.25, 0.3) is 5.91 Å². The second-order valence-corrected chi connectivity index (χ2v) is 6.59. The van der Waals surface area contributed by atoms with Gasteiger partial charge in [-0.25, -0.2) is 4.98 Å². The lowest BCUT2D eigenvalue weighted by molar-refractivity contribution is -0.130. The number of furan rings is 1. The van der Waals surface area contributed by atoms with E-state index in [0.717, 1.165) is 11.0 Å². The van der Waals surface area contributed by atoms with E-state index < -0.39 is 6.04 Å². The molecule has 7 heteroatoms. The molecule has 29 heavy (non-hydrogen) atoms. The minimum atomic E-state index is -0.431. The average molecular weight is 392 g/mol. The molecule has 1 atom stereocenters. The predicted octanol–water partition coefficient (Wildman–Crippen LogP) is 3.32. The Balaban J connectivity index is 1.91. The van der Waals surface area contributed by atoms with E-state index in [9.17, 15) is 9.59 Å². The first-order chi connectivity index (χ1) is 14.0. The lowest BCUT2D eigenvalue weighted by atomic mass is 10.2. The van der Waals surface area contributed by atoms with Crippen molar-refractivity contribution in [2.75, 3.05) is 13.1 Å². The van der Waals surface area contributed by atoms with Gasteiger partial charge in [-0.2, -0.15) is 0 Å². The van der Waals surface area contributed by atoms with Crippen LogP contribution in [0.25, 0.3) is 11.0 Å². The first kappa shape index (κ1) is 20.1. The Morgan fingerprint density at radius 1 is 1.21 bits per heavy atom. The molecule has 0 saturated heterocycles. The highest BCUT2D eigenvalue weighted by molar-refractivity contribution is 5.91. The topological polar surface area (TPSA) is 80.4 Å². The van der Waals surface area contributed by atoms with Crippen LogP contribution in [0.5, 0.6) is 0 Å². The van der Waals surface area contributed by atoms with Crippen LogP contribution in [0.15, 0.2) is 72.4 Å². The molecule has 0 aliphatic rings. The third-order valence-corrected chi connectivity index (χ3v) is 4.51. The van der Waals surface area contributed by atoms with Crippen molar-refractivity contribution in [2.24, 2.45) is 0 Å². The molecule has 2 aromatic heterocycles. The third kappa shape index (κ3) is 4.45. The monoisotopic (exact) mass is 392 g/mol. The SMILES string of the molecule is C=CCN(CC=C)C(=O)Cn1c(C(C)NC(=O)c2ccco2)nc2ccccc21. The Morgan fingerprint density at radius 2 is 1.93 bits per heavy atom. The number of nitrogens with zero attached hydrogens (tertiary/aromatic N) is 3. The minimum Gasteiger partial charge on any atom is -0.459 e. The van der Waals surface area contributed by atoms with Crippen molar-refractivity contribution < 1.29 is 14.0 Å². The minimum absolute atomic E-state index is 0.0845. The number of amides is 2. The van der Waals surface area contributed by atoms with Crippen LogP contribution in [-0.4, -0.2) is 39.4 Å². The summed E-state index contributed by atoms with van der Waals surface area (Å²) < 4.78 is 6.99. The van der Waals surface area contributed by atoms with Gasteiger partial charge >= 0.3 is 0 Å². The van der Waals surface area contributed by atoms with Gasteiger partial charge in [-0.3, -0.25) is 9.59 Å². The van der Waals surface area contributed by atoms with Crippen molar-refractivity contribution >= 4 is 22.8 Å². The fourth-order valence-corrected chi connectivity index (χ4v) is 3.16. The van der Waals surface area contributed by atoms with E-state index in [1.54, 1.807) is 29.2 Å². The molecule has 2 heterocycles. The van der Waals surface area contributed by atoms with Crippen molar-refractivity contribution in [1.29, 1.82) is 0 Å². The maximum absolute atomic E-state index is 12.9. The second-order valence-electron chi connectivity index (χ2n) is 6.59. The summed E-state index contributed by atoms with van der Waals surface area (Å²) in [6, 6.07) is 10.4. The Hall–Kier alpha value is -3.61. The van der Waals surface area contributed by atoms with Crippen LogP contribution >= 0.6 is 0 Å². The summed E-state index contributed by atoms with van der Waals surface area (Å²) in [6.45, 7) is 10.2. The maximum Gasteiger partial charge on any atom is 0.287 e. The van der Waals surface area contributed by atoms with Gasteiger partial charge in [0, 0.05) is 13.1 Å². The molecule has 1 aromatic carbocycles. The molecular weight excluding hydrogens is 368 g/mol. The predicted molar refractivity (Wildman–Crippen MR) is 111 cm³/mol. The van der Waals surface area contributed by atoms with Crippen molar-refractivity contribution in [3.63, 3.8) is 0 Å². The van der Waals surface area contributed by atoms with E-state index in [1.165, 1.54) is 6.26 Å². The number of hydrogen-bond donors (Lipinski definition) is 1. The quantitative estimate of drug-likeness (QED) is 0.567. The van der Waals surface area contributed by atoms with Crippen LogP contribution in [0.2, 0.25) is 0 Å². The van der Waals surface area contributed by atoms with Crippen molar-refractivity contribution in [2.45, 2.75) is 19.5 Å². The van der Waals surface area contributed by atoms with Gasteiger partial charge in [0.1, 0.15) is 12.4 Å². The molecule has 0 radical (unpaired) electrons. The van der Waals surface area contributed by atoms with Gasteiger partial charge in [0.2, 0.25) is 5.91 Å². The van der Waals surface area contributed by atoms with E-state index in [4.69, 9.17) is 4.42 Å². The number of benzene rings is 1. The molecule has 3 rings (SSSR count). The number of nitrogens with one attached hydrogen (secondary N) is 1. The Morgan fingerprint density at radius 3 is 2.59 bits per heavy atom. The number of aromatic nitrogens is 2. The molecule has 7 nitrogen and oxygen atoms in total. The third-order valence-electron chi connectivity index (χ3n) is 4.51. The highest BCUT2D eigenvalue weighted by Gasteiger charge is 2.22. The molecule has 0 fully saturated rings. The molecule has 1 N–H and O–H groups in total. The van der Waals surface area contributed by atoms with Gasteiger partial charge in [-0.1, -0.05) is 24.3 Å². The smallest absolute Gasteiger partial charge is 0.287 e. The molecule has 1 unspecified atom stereocenters. The van der Waals surface area contributed by atoms with Crippen LogP contribution in [-0.2, 0) is 11.3 Å². The van der Waals surface area contributed by atoms with Crippen LogP contribution in [0.1, 0.15) is 29.3 Å². The summed E-state index contributed by atoms with van der Waals surface area (Å²) in [6.07, 6.45) is 4.81. The van der Waals surface area contributed by atoms with E-state index >= 15 is 0 Å². The van der Waals surface area contributed by atoms with Gasteiger partial charge in [0.15, 0.2) is 5.76 Å². The number of imidazole rings is 1. The summed E-state index contributed by atoms with van der Waals surface area (Å²) in [5.41, 5.74) is 1.58. The average Bonchev–Trinajstić information content (AvgIpc) is 3.36. The number of fused-ring (bicyclic) bond motifs is 1. The number of para-hydroxylation sites is 2. The van der Waals surface area contributed by atoms with Crippen molar-refractivity contribution in [3.05, 3.63) is 79.6 Å². The van der Waals surface area contributed by atoms with Crippen LogP contribution in [0.3, 0.4) is 0 Å². The van der Waals surface area contributed by atoms with E-state index in [1.807, 2.05) is 35.8 Å². The first-order valence-corrected chi connectivity index (χ1v) is 9.34. The summed E-state index contributed by atoms with van der Waals surface area (Å²) in [5, 5.41) is 2.88. The van der Waals surface area contributed by atoms with E-state index in [0.29, 0.717) is 18.9 Å². The Kier molecular flexibility index (Phi) is 6.29. The zero-order chi connectivity index (χ0) is 20.8. The lowest BCUT2D eigenvalue weighted by Crippen LogP contribution is -2.35. The van der Waals surface area contributed by atoms with Gasteiger partial charge in [-0.05, 0) is 31.2 Å². The molecule has 0 aliphatic carbocycles. The van der Waals surface area contributed by atoms with Gasteiger partial charge in [-0.15, -0.1) is 13.2 Å². The molecule has 0 saturated carbocycles. The fraction of sp³-hybridized carbons (Fsp3) is 0.227. The van der Waals surface area contributed by atoms with Crippen LogP contribution in [0, 0.1) is 0 Å². The lowest BCUT2D eigenvalue weighted by Gasteiger charge is -2.21. The second kappa shape index (κ2) is 9.05. The molecule has 3 aromatic rings. The Labute approximate surface area is 169 Å². The van der Waals surface area contributed by atoms with Crippen molar-refractivity contribution in [1.82, 2.24) is 19.8 Å². The molecule has 0 aliphatic heterocycles. The molecular formula is C22H24N4O3. The number of rotatable bonds is 9. The van der Waals surface area contributed by atoms with E-state index in [2.05, 4.69) is 23.5 Å². The van der Waals surface area contributed by atoms with Gasteiger partial charge in [0.05, 0.1) is 23.3 Å². The fourth-order valence-electron chi connectivity index (χ4n) is 3.16. The zero-order valence-corrected chi connectivity index (χ0v) is 16.4. The summed E-state index contributed by atoms with van der Waals surface area (Å²) in [7, 11) is 0. The summed E-state index contributed by atoms with van der Waals surface area (Å²) in [5.74, 6) is 0.390. The number of hydrogen-bond acceptors (Lipinski definition) is 4. The normalized spacial score (nSPS) is 11.8. The Bertz CT molecular complexity index is 1010. The standard InChI is InChI=1S/C22H24N4O3/c1-4-12-25(13-5-2)20(27)15-26-18-10-7-6-9-17(18)24-21(26)16(3)23-22(28)19-11-8-14-29-19/h4-11,14,16H,1-2,12-13,15H2,3H3,(H,23,28). The van der Waals surface area contributed by atoms with E-state index in [-0.39, 0.29) is 24.1 Å². The van der Waals surface area contributed by atoms with Crippen molar-refractivity contribution in [3.8, 4) is 0 Å². The number of carbonyl (C=O) groups excluding carboxylic acids is 2. The number of carbonyl (C=O) groups is 2. The van der Waals surface area contributed by atoms with Gasteiger partial charge < -0.3 is 19.2 Å². The van der Waals surface area contributed by atoms with Crippen LogP contribution < -0.4 is 5.32 Å². The molecule has 150 valence electrons. The largest absolute Gasteiger partial charge is 0.459 e. The summed E-state index contributed by atoms with van der Waals surface area (Å²) >= 11 is 0. The molecule has 0 bridgehead atoms. The van der Waals surface area contributed by atoms with Crippen LogP contribution in [0.4, 0.5) is 0 Å².